The lowest BCUT2D eigenvalue weighted by molar-refractivity contribution is 0.0673. The van der Waals surface area contributed by atoms with Crippen molar-refractivity contribution in [2.45, 2.75) is 25.7 Å². The minimum Gasteiger partial charge on any atom is -0.496 e. The third-order valence-corrected chi connectivity index (χ3v) is 5.14. The zero-order valence-corrected chi connectivity index (χ0v) is 12.3. The van der Waals surface area contributed by atoms with Crippen LogP contribution >= 0.6 is 0 Å². The molecule has 4 nitrogen and oxygen atoms in total. The highest BCUT2D eigenvalue weighted by atomic mass is 16.5. The zero-order valence-electron chi connectivity index (χ0n) is 12.3. The molecular weight excluding hydrogens is 264 g/mol. The van der Waals surface area contributed by atoms with Crippen molar-refractivity contribution in [2.24, 2.45) is 5.41 Å². The summed E-state index contributed by atoms with van der Waals surface area (Å²) in [6.45, 7) is 1.79. The number of carbonyl (C=O) groups is 1. The first-order chi connectivity index (χ1) is 10.2. The number of rotatable bonds is 2. The number of aromatic amines is 1. The van der Waals surface area contributed by atoms with Gasteiger partial charge in [0, 0.05) is 24.0 Å². The summed E-state index contributed by atoms with van der Waals surface area (Å²) in [5, 5.41) is 0.971. The van der Waals surface area contributed by atoms with Crippen LogP contribution in [0.15, 0.2) is 24.3 Å². The van der Waals surface area contributed by atoms with Gasteiger partial charge >= 0.3 is 0 Å². The van der Waals surface area contributed by atoms with Crippen LogP contribution < -0.4 is 4.74 Å². The summed E-state index contributed by atoms with van der Waals surface area (Å²) in [4.78, 5) is 17.9. The van der Waals surface area contributed by atoms with Gasteiger partial charge in [-0.3, -0.25) is 4.79 Å². The molecule has 0 bridgehead atoms. The molecular formula is C17H20N2O2. The predicted octanol–water partition coefficient (Wildman–Crippen LogP) is 3.19. The van der Waals surface area contributed by atoms with Crippen LogP contribution in [-0.2, 0) is 0 Å². The Balaban J connectivity index is 1.59. The Kier molecular flexibility index (Phi) is 2.74. The van der Waals surface area contributed by atoms with Crippen molar-refractivity contribution in [2.75, 3.05) is 20.2 Å². The van der Waals surface area contributed by atoms with Crippen molar-refractivity contribution in [3.05, 3.63) is 30.0 Å². The summed E-state index contributed by atoms with van der Waals surface area (Å²) in [7, 11) is 1.66. The Hall–Kier alpha value is -1.97. The lowest BCUT2D eigenvalue weighted by Gasteiger charge is -2.31. The molecule has 2 fully saturated rings. The van der Waals surface area contributed by atoms with Crippen LogP contribution in [0.3, 0.4) is 0 Å². The fourth-order valence-corrected chi connectivity index (χ4v) is 3.45. The van der Waals surface area contributed by atoms with Gasteiger partial charge in [0.05, 0.1) is 7.11 Å². The van der Waals surface area contributed by atoms with E-state index in [9.17, 15) is 4.79 Å². The summed E-state index contributed by atoms with van der Waals surface area (Å²) in [6.07, 6.45) is 5.06. The number of nitrogens with zero attached hydrogens (tertiary/aromatic N) is 1. The minimum atomic E-state index is 0.115. The van der Waals surface area contributed by atoms with E-state index in [-0.39, 0.29) is 5.91 Å². The van der Waals surface area contributed by atoms with E-state index in [2.05, 4.69) is 4.98 Å². The number of likely N-dealkylation sites (tertiary alicyclic amines) is 1. The Morgan fingerprint density at radius 1 is 1.24 bits per heavy atom. The molecule has 0 radical (unpaired) electrons. The number of fused-ring (bicyclic) bond motifs is 1. The zero-order chi connectivity index (χ0) is 14.4. The highest BCUT2D eigenvalue weighted by Gasteiger charge is 2.45. The van der Waals surface area contributed by atoms with Crippen LogP contribution in [0.1, 0.15) is 36.2 Å². The number of aromatic nitrogens is 1. The van der Waals surface area contributed by atoms with E-state index in [4.69, 9.17) is 4.74 Å². The largest absolute Gasteiger partial charge is 0.496 e. The maximum absolute atomic E-state index is 12.7. The molecule has 1 N–H and O–H groups in total. The Bertz CT molecular complexity index is 690. The predicted molar refractivity (Wildman–Crippen MR) is 81.7 cm³/mol. The first-order valence-electron chi connectivity index (χ1n) is 7.66. The van der Waals surface area contributed by atoms with Gasteiger partial charge in [-0.15, -0.1) is 0 Å². The summed E-state index contributed by atoms with van der Waals surface area (Å²) in [5.41, 5.74) is 2.22. The van der Waals surface area contributed by atoms with Crippen molar-refractivity contribution < 1.29 is 9.53 Å². The highest BCUT2D eigenvalue weighted by molar-refractivity contribution is 5.99. The first kappa shape index (κ1) is 12.7. The molecule has 2 aliphatic rings. The normalized spacial score (nSPS) is 20.0. The summed E-state index contributed by atoms with van der Waals surface area (Å²) in [5.74, 6) is 0.919. The lowest BCUT2D eigenvalue weighted by Crippen LogP contribution is -2.39. The van der Waals surface area contributed by atoms with Gasteiger partial charge in [0.2, 0.25) is 0 Å². The highest BCUT2D eigenvalue weighted by Crippen LogP contribution is 2.53. The second-order valence-electron chi connectivity index (χ2n) is 6.40. The van der Waals surface area contributed by atoms with Crippen molar-refractivity contribution >= 4 is 16.8 Å². The van der Waals surface area contributed by atoms with Crippen LogP contribution in [0.4, 0.5) is 0 Å². The Labute approximate surface area is 124 Å². The molecule has 2 aromatic rings. The molecule has 21 heavy (non-hydrogen) atoms. The number of hydrogen-bond acceptors (Lipinski definition) is 2. The van der Waals surface area contributed by atoms with Crippen molar-refractivity contribution in [1.29, 1.82) is 0 Å². The van der Waals surface area contributed by atoms with Gasteiger partial charge in [0.1, 0.15) is 11.4 Å². The van der Waals surface area contributed by atoms with Crippen molar-refractivity contribution in [3.63, 3.8) is 0 Å². The number of ether oxygens (including phenoxy) is 1. The Morgan fingerprint density at radius 3 is 2.67 bits per heavy atom. The molecule has 1 aliphatic heterocycles. The van der Waals surface area contributed by atoms with E-state index in [0.717, 1.165) is 29.7 Å². The molecule has 1 spiro atoms. The summed E-state index contributed by atoms with van der Waals surface area (Å²) < 4.78 is 5.36. The van der Waals surface area contributed by atoms with Gasteiger partial charge in [0.25, 0.3) is 5.91 Å². The number of hydrogen-bond donors (Lipinski definition) is 1. The average Bonchev–Trinajstić information content (AvgIpc) is 3.12. The van der Waals surface area contributed by atoms with E-state index < -0.39 is 0 Å². The second-order valence-corrected chi connectivity index (χ2v) is 6.40. The third-order valence-electron chi connectivity index (χ3n) is 5.14. The molecule has 4 rings (SSSR count). The summed E-state index contributed by atoms with van der Waals surface area (Å²) in [6, 6.07) is 7.74. The van der Waals surface area contributed by atoms with Gasteiger partial charge in [-0.25, -0.2) is 0 Å². The standard InChI is InChI=1S/C17H20N2O2/c1-21-15-4-2-3-13-12(15)11-14(18-13)16(20)19-9-7-17(5-6-17)8-10-19/h2-4,11,18H,5-10H2,1H3. The van der Waals surface area contributed by atoms with Crippen LogP contribution in [0, 0.1) is 5.41 Å². The average molecular weight is 284 g/mol. The quantitative estimate of drug-likeness (QED) is 0.920. The van der Waals surface area contributed by atoms with Crippen LogP contribution in [0.2, 0.25) is 0 Å². The number of benzene rings is 1. The van der Waals surface area contributed by atoms with Gasteiger partial charge < -0.3 is 14.6 Å². The molecule has 1 saturated heterocycles. The topological polar surface area (TPSA) is 45.3 Å². The van der Waals surface area contributed by atoms with Crippen molar-refractivity contribution in [3.8, 4) is 5.75 Å². The van der Waals surface area contributed by atoms with E-state index in [1.165, 1.54) is 25.7 Å². The first-order valence-corrected chi connectivity index (χ1v) is 7.66. The molecule has 2 heterocycles. The van der Waals surface area contributed by atoms with Gasteiger partial charge in [-0.1, -0.05) is 6.07 Å². The maximum Gasteiger partial charge on any atom is 0.270 e. The molecule has 0 unspecified atom stereocenters. The van der Waals surface area contributed by atoms with Gasteiger partial charge in [-0.05, 0) is 49.3 Å². The molecule has 1 aromatic heterocycles. The SMILES string of the molecule is COc1cccc2[nH]c(C(=O)N3CCC4(CC3)CC4)cc12. The number of H-pyrrole nitrogens is 1. The lowest BCUT2D eigenvalue weighted by atomic mass is 9.93. The minimum absolute atomic E-state index is 0.115. The fourth-order valence-electron chi connectivity index (χ4n) is 3.45. The third kappa shape index (κ3) is 2.09. The number of carbonyl (C=O) groups excluding carboxylic acids is 1. The van der Waals surface area contributed by atoms with Gasteiger partial charge in [0.15, 0.2) is 0 Å². The fraction of sp³-hybridized carbons (Fsp3) is 0.471. The van der Waals surface area contributed by atoms with Gasteiger partial charge in [-0.2, -0.15) is 0 Å². The molecule has 0 atom stereocenters. The van der Waals surface area contributed by atoms with Crippen LogP contribution in [-0.4, -0.2) is 36.0 Å². The van der Waals surface area contributed by atoms with Crippen LogP contribution in [0.5, 0.6) is 5.75 Å². The molecule has 1 aliphatic carbocycles. The smallest absolute Gasteiger partial charge is 0.270 e. The maximum atomic E-state index is 12.7. The molecule has 1 saturated carbocycles. The molecule has 1 amide bonds. The van der Waals surface area contributed by atoms with E-state index in [1.54, 1.807) is 7.11 Å². The van der Waals surface area contributed by atoms with E-state index >= 15 is 0 Å². The molecule has 4 heteroatoms. The number of methoxy groups -OCH3 is 1. The van der Waals surface area contributed by atoms with Crippen molar-refractivity contribution in [1.82, 2.24) is 9.88 Å². The number of nitrogens with one attached hydrogen (secondary N) is 1. The van der Waals surface area contributed by atoms with E-state index in [0.29, 0.717) is 11.1 Å². The molecule has 110 valence electrons. The van der Waals surface area contributed by atoms with E-state index in [1.807, 2.05) is 29.2 Å². The van der Waals surface area contributed by atoms with Crippen LogP contribution in [0.25, 0.3) is 10.9 Å². The number of piperidine rings is 1. The Morgan fingerprint density at radius 2 is 2.00 bits per heavy atom. The monoisotopic (exact) mass is 284 g/mol. The second kappa shape index (κ2) is 4.52. The summed E-state index contributed by atoms with van der Waals surface area (Å²) >= 11 is 0. The molecule has 1 aromatic carbocycles. The number of amides is 1.